The van der Waals surface area contributed by atoms with Crippen LogP contribution in [0.15, 0.2) is 11.6 Å². The quantitative estimate of drug-likeness (QED) is 0.253. The van der Waals surface area contributed by atoms with E-state index < -0.39 is 42.7 Å². The Hall–Kier alpha value is -1.57. The maximum absolute atomic E-state index is 13.6. The topological polar surface area (TPSA) is 83.8 Å². The van der Waals surface area contributed by atoms with Crippen LogP contribution in [-0.2, 0) is 14.3 Å². The van der Waals surface area contributed by atoms with Gasteiger partial charge in [-0.2, -0.15) is 13.2 Å². The molecule has 4 aliphatic carbocycles. The van der Waals surface area contributed by atoms with Gasteiger partial charge in [0.05, 0.1) is 18.4 Å². The van der Waals surface area contributed by atoms with Gasteiger partial charge in [-0.25, -0.2) is 0 Å². The minimum absolute atomic E-state index is 0.0687. The van der Waals surface area contributed by atoms with Crippen molar-refractivity contribution in [2.24, 2.45) is 40.4 Å². The third kappa shape index (κ3) is 5.66. The Kier molecular flexibility index (Phi) is 8.08. The van der Waals surface area contributed by atoms with Gasteiger partial charge in [-0.1, -0.05) is 32.4 Å². The molecule has 0 heterocycles. The number of alkyl halides is 3. The zero-order valence-corrected chi connectivity index (χ0v) is 23.3. The summed E-state index contributed by atoms with van der Waals surface area (Å²) in [6, 6.07) is 0. The lowest BCUT2D eigenvalue weighted by atomic mass is 9.46. The highest BCUT2D eigenvalue weighted by Gasteiger charge is 2.59. The van der Waals surface area contributed by atoms with Crippen LogP contribution in [0.5, 0.6) is 0 Å². The fourth-order valence-corrected chi connectivity index (χ4v) is 9.11. The first-order valence-electron chi connectivity index (χ1n) is 14.5. The first kappa shape index (κ1) is 29.4. The maximum atomic E-state index is 13.6. The Balaban J connectivity index is 1.41. The molecule has 4 rings (SSSR count). The molecule has 2 N–H and O–H groups in total. The molecule has 9 atom stereocenters. The molecule has 38 heavy (non-hydrogen) atoms. The van der Waals surface area contributed by atoms with Gasteiger partial charge in [-0.3, -0.25) is 9.59 Å². The number of fused-ring (bicyclic) bond motifs is 5. The van der Waals surface area contributed by atoms with E-state index in [9.17, 15) is 27.9 Å². The van der Waals surface area contributed by atoms with E-state index in [1.807, 2.05) is 13.8 Å². The zero-order valence-electron chi connectivity index (χ0n) is 23.3. The Morgan fingerprint density at radius 3 is 2.42 bits per heavy atom. The fourth-order valence-electron chi connectivity index (χ4n) is 9.11. The number of carbonyl (C=O) groups is 2. The van der Waals surface area contributed by atoms with Crippen LogP contribution < -0.4 is 0 Å². The fraction of sp³-hybridized carbons (Fsp3) is 0.867. The molecule has 0 amide bonds. The predicted octanol–water partition coefficient (Wildman–Crippen LogP) is 7.07. The van der Waals surface area contributed by atoms with Crippen LogP contribution in [0.25, 0.3) is 0 Å². The van der Waals surface area contributed by atoms with Crippen LogP contribution in [-0.4, -0.2) is 40.0 Å². The van der Waals surface area contributed by atoms with E-state index in [1.54, 1.807) is 0 Å². The summed E-state index contributed by atoms with van der Waals surface area (Å²) >= 11 is 0. The Labute approximate surface area is 224 Å². The van der Waals surface area contributed by atoms with Crippen molar-refractivity contribution in [3.63, 3.8) is 0 Å². The molecule has 0 radical (unpaired) electrons. The van der Waals surface area contributed by atoms with Gasteiger partial charge in [0.1, 0.15) is 0 Å². The van der Waals surface area contributed by atoms with Crippen LogP contribution in [0.1, 0.15) is 105 Å². The molecule has 0 unspecified atom stereocenters. The number of ether oxygens (including phenoxy) is 1. The molecular weight excluding hydrogens is 497 g/mol. The molecule has 8 heteroatoms. The van der Waals surface area contributed by atoms with E-state index >= 15 is 0 Å². The summed E-state index contributed by atoms with van der Waals surface area (Å²) in [6.07, 6.45) is 2.42. The zero-order chi connectivity index (χ0) is 28.1. The number of aliphatic hydroxyl groups is 1. The number of allylic oxidation sites excluding steroid dienone is 1. The third-order valence-electron chi connectivity index (χ3n) is 11.2. The highest BCUT2D eigenvalue weighted by molar-refractivity contribution is 5.76. The molecule has 216 valence electrons. The molecule has 0 spiro atoms. The molecule has 4 aliphatic rings. The van der Waals surface area contributed by atoms with Crippen molar-refractivity contribution in [3.05, 3.63) is 11.6 Å². The summed E-state index contributed by atoms with van der Waals surface area (Å²) in [5, 5.41) is 19.4. The van der Waals surface area contributed by atoms with Crippen molar-refractivity contribution < 1.29 is 37.7 Å². The first-order valence-corrected chi connectivity index (χ1v) is 14.5. The van der Waals surface area contributed by atoms with Gasteiger partial charge in [0, 0.05) is 0 Å². The number of carbonyl (C=O) groups excluding carboxylic acids is 1. The Morgan fingerprint density at radius 2 is 1.76 bits per heavy atom. The molecule has 3 fully saturated rings. The van der Waals surface area contributed by atoms with Crippen molar-refractivity contribution in [2.45, 2.75) is 123 Å². The largest absolute Gasteiger partial charge is 0.481 e. The second-order valence-corrected chi connectivity index (χ2v) is 13.6. The lowest BCUT2D eigenvalue weighted by Gasteiger charge is -2.59. The first-order chi connectivity index (χ1) is 17.6. The SMILES string of the molecule is C[C@H](CC[C@@H](OC(=O)CCC(=O)O)C(F)(F)F)[C@H]1CC[C@H]2[C@@H]3CC=C4C[C@@](C)(O)CC[C@]4(C)[C@H]3CC[C@]12C. The molecule has 0 aliphatic heterocycles. The van der Waals surface area contributed by atoms with Crippen molar-refractivity contribution in [3.8, 4) is 0 Å². The average Bonchev–Trinajstić information content (AvgIpc) is 3.17. The molecule has 0 aromatic heterocycles. The molecular formula is C30H45F3O5. The number of carboxylic acid groups (broad SMARTS) is 1. The number of hydrogen-bond donors (Lipinski definition) is 2. The van der Waals surface area contributed by atoms with Crippen LogP contribution >= 0.6 is 0 Å². The highest BCUT2D eigenvalue weighted by Crippen LogP contribution is 2.67. The van der Waals surface area contributed by atoms with Crippen molar-refractivity contribution >= 4 is 11.9 Å². The summed E-state index contributed by atoms with van der Waals surface area (Å²) in [6.45, 7) is 8.76. The lowest BCUT2D eigenvalue weighted by molar-refractivity contribution is -0.223. The molecule has 3 saturated carbocycles. The van der Waals surface area contributed by atoms with Crippen LogP contribution in [0, 0.1) is 40.4 Å². The number of aliphatic carboxylic acids is 1. The summed E-state index contributed by atoms with van der Waals surface area (Å²) in [4.78, 5) is 22.5. The molecule has 0 saturated heterocycles. The van der Waals surface area contributed by atoms with E-state index in [1.165, 1.54) is 5.57 Å². The Bertz CT molecular complexity index is 943. The Morgan fingerprint density at radius 1 is 1.05 bits per heavy atom. The minimum atomic E-state index is -4.68. The molecule has 0 bridgehead atoms. The van der Waals surface area contributed by atoms with Crippen molar-refractivity contribution in [2.75, 3.05) is 0 Å². The van der Waals surface area contributed by atoms with E-state index in [-0.39, 0.29) is 23.2 Å². The van der Waals surface area contributed by atoms with Gasteiger partial charge in [0.25, 0.3) is 0 Å². The maximum Gasteiger partial charge on any atom is 0.425 e. The second-order valence-electron chi connectivity index (χ2n) is 13.6. The second kappa shape index (κ2) is 10.4. The smallest absolute Gasteiger partial charge is 0.425 e. The predicted molar refractivity (Wildman–Crippen MR) is 137 cm³/mol. The van der Waals surface area contributed by atoms with Crippen LogP contribution in [0.3, 0.4) is 0 Å². The molecule has 0 aromatic carbocycles. The third-order valence-corrected chi connectivity index (χ3v) is 11.2. The van der Waals surface area contributed by atoms with Gasteiger partial charge in [-0.05, 0) is 112 Å². The van der Waals surface area contributed by atoms with Gasteiger partial charge < -0.3 is 14.9 Å². The number of hydrogen-bond acceptors (Lipinski definition) is 4. The van der Waals surface area contributed by atoms with Gasteiger partial charge in [-0.15, -0.1) is 0 Å². The van der Waals surface area contributed by atoms with Crippen molar-refractivity contribution in [1.29, 1.82) is 0 Å². The van der Waals surface area contributed by atoms with E-state index in [4.69, 9.17) is 9.84 Å². The number of carboxylic acids is 1. The number of halogens is 3. The summed E-state index contributed by atoms with van der Waals surface area (Å²) in [5.74, 6) is -0.220. The number of esters is 1. The van der Waals surface area contributed by atoms with Crippen LogP contribution in [0.2, 0.25) is 0 Å². The minimum Gasteiger partial charge on any atom is -0.481 e. The van der Waals surface area contributed by atoms with E-state index in [2.05, 4.69) is 19.9 Å². The van der Waals surface area contributed by atoms with Gasteiger partial charge in [0.2, 0.25) is 0 Å². The van der Waals surface area contributed by atoms with E-state index in [0.717, 1.165) is 51.4 Å². The molecule has 5 nitrogen and oxygen atoms in total. The van der Waals surface area contributed by atoms with Crippen molar-refractivity contribution in [1.82, 2.24) is 0 Å². The number of rotatable bonds is 8. The molecule has 0 aromatic rings. The van der Waals surface area contributed by atoms with E-state index in [0.29, 0.717) is 30.1 Å². The van der Waals surface area contributed by atoms with Gasteiger partial charge >= 0.3 is 18.1 Å². The standard InChI is InChI=1S/C30H45F3O5/c1-18(5-10-24(30(31,32)33)38-26(36)12-11-25(34)35)21-8-9-22-20-7-6-19-17-27(2,37)15-16-28(19,3)23(20)13-14-29(21,22)4/h6,18,20-24,37H,5,7-17H2,1-4H3,(H,34,35)/t18-,20+,21-,22+,23+,24-,27+,28+,29-/m1/s1. The summed E-state index contributed by atoms with van der Waals surface area (Å²) in [7, 11) is 0. The summed E-state index contributed by atoms with van der Waals surface area (Å²) in [5.41, 5.74) is 1.04. The normalized spacial score (nSPS) is 40.3. The highest BCUT2D eigenvalue weighted by atomic mass is 19.4. The lowest BCUT2D eigenvalue weighted by Crippen LogP contribution is -2.52. The summed E-state index contributed by atoms with van der Waals surface area (Å²) < 4.78 is 45.6. The van der Waals surface area contributed by atoms with Gasteiger partial charge in [0.15, 0.2) is 6.10 Å². The average molecular weight is 543 g/mol. The van der Waals surface area contributed by atoms with Crippen LogP contribution in [0.4, 0.5) is 13.2 Å². The monoisotopic (exact) mass is 542 g/mol.